The molecule has 0 fully saturated rings. The van der Waals surface area contributed by atoms with Crippen LogP contribution in [0.15, 0.2) is 0 Å². The Bertz CT molecular complexity index is 319. The predicted molar refractivity (Wildman–Crippen MR) is 93.6 cm³/mol. The van der Waals surface area contributed by atoms with Gasteiger partial charge < -0.3 is 34.1 Å². The number of halogens is 1. The molecule has 9 nitrogen and oxygen atoms in total. The first kappa shape index (κ1) is 23.5. The van der Waals surface area contributed by atoms with Gasteiger partial charge in [-0.15, -0.1) is 0 Å². The van der Waals surface area contributed by atoms with Gasteiger partial charge >= 0.3 is 5.97 Å². The Morgan fingerprint density at radius 1 is 0.750 bits per heavy atom. The zero-order valence-electron chi connectivity index (χ0n) is 13.7. The van der Waals surface area contributed by atoms with Crippen LogP contribution in [-0.4, -0.2) is 94.0 Å². The van der Waals surface area contributed by atoms with E-state index in [2.05, 4.69) is 32.6 Å². The third kappa shape index (κ3) is 19.5. The topological polar surface area (TPSA) is 113 Å². The summed E-state index contributed by atoms with van der Waals surface area (Å²) in [4.78, 5) is 21.4. The number of carboxylic acid groups (broad SMARTS) is 1. The molecular weight excluding hydrogens is 437 g/mol. The second kappa shape index (κ2) is 18.8. The monoisotopic (exact) mass is 463 g/mol. The summed E-state index contributed by atoms with van der Waals surface area (Å²) in [6.45, 7) is 3.68. The second-order valence-corrected chi connectivity index (χ2v) is 5.45. The third-order valence-electron chi connectivity index (χ3n) is 2.36. The van der Waals surface area contributed by atoms with E-state index in [4.69, 9.17) is 24.1 Å². The zero-order chi connectivity index (χ0) is 17.9. The smallest absolute Gasteiger partial charge is 0.329 e. The van der Waals surface area contributed by atoms with Crippen LogP contribution in [0.1, 0.15) is 0 Å². The standard InChI is InChI=1S/C14H26INO8/c15-1-3-20-5-7-22-9-10-23-8-6-21-4-2-16-13(17)11-24-12-14(18)19/h1-12H2,(H,16,17)(H,18,19). The number of hydrogen-bond acceptors (Lipinski definition) is 7. The SMILES string of the molecule is O=C(O)COCC(=O)NCCOCCOCCOCCOCCI. The van der Waals surface area contributed by atoms with Gasteiger partial charge in [-0.25, -0.2) is 4.79 Å². The molecule has 0 aliphatic carbocycles. The molecule has 0 heterocycles. The number of nitrogens with one attached hydrogen (secondary N) is 1. The van der Waals surface area contributed by atoms with Gasteiger partial charge in [0.1, 0.15) is 13.2 Å². The molecule has 0 saturated carbocycles. The van der Waals surface area contributed by atoms with Crippen molar-refractivity contribution >= 4 is 34.5 Å². The van der Waals surface area contributed by atoms with Crippen molar-refractivity contribution in [2.24, 2.45) is 0 Å². The highest BCUT2D eigenvalue weighted by Crippen LogP contribution is 1.85. The maximum Gasteiger partial charge on any atom is 0.329 e. The van der Waals surface area contributed by atoms with Crippen LogP contribution in [0.4, 0.5) is 0 Å². The second-order valence-electron chi connectivity index (χ2n) is 4.37. The minimum Gasteiger partial charge on any atom is -0.480 e. The number of carbonyl (C=O) groups is 2. The van der Waals surface area contributed by atoms with Crippen molar-refractivity contribution in [3.8, 4) is 0 Å². The largest absolute Gasteiger partial charge is 0.480 e. The maximum atomic E-state index is 11.2. The lowest BCUT2D eigenvalue weighted by molar-refractivity contribution is -0.143. The van der Waals surface area contributed by atoms with Crippen LogP contribution in [0.3, 0.4) is 0 Å². The summed E-state index contributed by atoms with van der Waals surface area (Å²) in [6.07, 6.45) is 0. The van der Waals surface area contributed by atoms with E-state index in [1.165, 1.54) is 0 Å². The van der Waals surface area contributed by atoms with Crippen LogP contribution < -0.4 is 5.32 Å². The van der Waals surface area contributed by atoms with Gasteiger partial charge in [0.05, 0.1) is 52.9 Å². The molecule has 0 aliphatic rings. The number of carbonyl (C=O) groups excluding carboxylic acids is 1. The molecule has 0 aromatic rings. The Labute approximate surface area is 155 Å². The van der Waals surface area contributed by atoms with Crippen molar-refractivity contribution in [3.05, 3.63) is 0 Å². The summed E-state index contributed by atoms with van der Waals surface area (Å²) in [5, 5.41) is 10.9. The van der Waals surface area contributed by atoms with Gasteiger partial charge in [0.25, 0.3) is 0 Å². The third-order valence-corrected chi connectivity index (χ3v) is 2.81. The summed E-state index contributed by atoms with van der Waals surface area (Å²) in [5.41, 5.74) is 0. The van der Waals surface area contributed by atoms with Gasteiger partial charge in [-0.2, -0.15) is 0 Å². The van der Waals surface area contributed by atoms with Gasteiger partial charge in [0.15, 0.2) is 0 Å². The number of ether oxygens (including phenoxy) is 5. The highest BCUT2D eigenvalue weighted by molar-refractivity contribution is 14.1. The Hall–Kier alpha value is -0.530. The Morgan fingerprint density at radius 3 is 1.75 bits per heavy atom. The molecule has 2 N–H and O–H groups in total. The lowest BCUT2D eigenvalue weighted by Crippen LogP contribution is -2.31. The van der Waals surface area contributed by atoms with E-state index in [1.807, 2.05) is 0 Å². The van der Waals surface area contributed by atoms with Crippen molar-refractivity contribution < 1.29 is 38.4 Å². The molecule has 142 valence electrons. The first-order valence-electron chi connectivity index (χ1n) is 7.60. The number of hydrogen-bond donors (Lipinski definition) is 2. The van der Waals surface area contributed by atoms with Crippen LogP contribution in [-0.2, 0) is 33.3 Å². The van der Waals surface area contributed by atoms with E-state index >= 15 is 0 Å². The van der Waals surface area contributed by atoms with Crippen LogP contribution in [0, 0.1) is 0 Å². The number of aliphatic carboxylic acids is 1. The fourth-order valence-corrected chi connectivity index (χ4v) is 1.67. The summed E-state index contributed by atoms with van der Waals surface area (Å²) in [7, 11) is 0. The fourth-order valence-electron chi connectivity index (χ4n) is 1.36. The van der Waals surface area contributed by atoms with Crippen LogP contribution >= 0.6 is 22.6 Å². The molecule has 10 heteroatoms. The number of amides is 1. The average Bonchev–Trinajstić information content (AvgIpc) is 2.55. The van der Waals surface area contributed by atoms with E-state index < -0.39 is 12.6 Å². The van der Waals surface area contributed by atoms with E-state index in [1.54, 1.807) is 0 Å². The van der Waals surface area contributed by atoms with Gasteiger partial charge in [-0.1, -0.05) is 22.6 Å². The first-order valence-corrected chi connectivity index (χ1v) is 9.12. The molecule has 0 rings (SSSR count). The Kier molecular flexibility index (Phi) is 18.4. The first-order chi connectivity index (χ1) is 11.7. The lowest BCUT2D eigenvalue weighted by Gasteiger charge is -2.08. The van der Waals surface area contributed by atoms with Crippen molar-refractivity contribution in [3.63, 3.8) is 0 Å². The quantitative estimate of drug-likeness (QED) is 0.162. The number of carboxylic acids is 1. The zero-order valence-corrected chi connectivity index (χ0v) is 15.8. The molecule has 0 spiro atoms. The summed E-state index contributed by atoms with van der Waals surface area (Å²) in [5.74, 6) is -1.49. The van der Waals surface area contributed by atoms with E-state index in [0.29, 0.717) is 52.8 Å². The van der Waals surface area contributed by atoms with Crippen LogP contribution in [0.2, 0.25) is 0 Å². The lowest BCUT2D eigenvalue weighted by atomic mass is 10.6. The Balaban J connectivity index is 3.12. The molecule has 0 atom stereocenters. The van der Waals surface area contributed by atoms with E-state index in [0.717, 1.165) is 11.0 Å². The number of rotatable bonds is 18. The summed E-state index contributed by atoms with van der Waals surface area (Å²) >= 11 is 2.25. The minimum absolute atomic E-state index is 0.279. The molecule has 0 aromatic heterocycles. The van der Waals surface area contributed by atoms with Gasteiger partial charge in [-0.05, 0) is 0 Å². The minimum atomic E-state index is -1.11. The van der Waals surface area contributed by atoms with Gasteiger partial charge in [0.2, 0.25) is 5.91 Å². The molecule has 24 heavy (non-hydrogen) atoms. The molecule has 0 aliphatic heterocycles. The molecular formula is C14H26INO8. The van der Waals surface area contributed by atoms with E-state index in [-0.39, 0.29) is 12.5 Å². The molecule has 0 unspecified atom stereocenters. The summed E-state index contributed by atoms with van der Waals surface area (Å²) < 4.78 is 26.7. The maximum absolute atomic E-state index is 11.2. The van der Waals surface area contributed by atoms with Crippen molar-refractivity contribution in [2.75, 3.05) is 77.0 Å². The normalized spacial score (nSPS) is 10.7. The fraction of sp³-hybridized carbons (Fsp3) is 0.857. The Morgan fingerprint density at radius 2 is 1.25 bits per heavy atom. The molecule has 0 radical (unpaired) electrons. The summed E-state index contributed by atoms with van der Waals surface area (Å²) in [6, 6.07) is 0. The van der Waals surface area contributed by atoms with E-state index in [9.17, 15) is 9.59 Å². The van der Waals surface area contributed by atoms with Crippen LogP contribution in [0.5, 0.6) is 0 Å². The molecule has 0 saturated heterocycles. The molecule has 1 amide bonds. The van der Waals surface area contributed by atoms with Crippen molar-refractivity contribution in [1.29, 1.82) is 0 Å². The number of alkyl halides is 1. The highest BCUT2D eigenvalue weighted by Gasteiger charge is 2.02. The van der Waals surface area contributed by atoms with Gasteiger partial charge in [-0.3, -0.25) is 4.79 Å². The van der Waals surface area contributed by atoms with Gasteiger partial charge in [0, 0.05) is 11.0 Å². The molecule has 0 bridgehead atoms. The average molecular weight is 463 g/mol. The van der Waals surface area contributed by atoms with Crippen molar-refractivity contribution in [1.82, 2.24) is 5.32 Å². The molecule has 0 aromatic carbocycles. The van der Waals surface area contributed by atoms with Crippen molar-refractivity contribution in [2.45, 2.75) is 0 Å². The van der Waals surface area contributed by atoms with Crippen LogP contribution in [0.25, 0.3) is 0 Å². The predicted octanol–water partition coefficient (Wildman–Crippen LogP) is -0.295. The highest BCUT2D eigenvalue weighted by atomic mass is 127.